The third kappa shape index (κ3) is 7.21. The number of benzene rings is 2. The van der Waals surface area contributed by atoms with Gasteiger partial charge in [0.15, 0.2) is 0 Å². The molecule has 0 amide bonds. The molecule has 0 saturated heterocycles. The summed E-state index contributed by atoms with van der Waals surface area (Å²) in [6.45, 7) is 3.36. The summed E-state index contributed by atoms with van der Waals surface area (Å²) in [6, 6.07) is 10.7. The second-order valence-corrected chi connectivity index (χ2v) is 11.3. The van der Waals surface area contributed by atoms with Gasteiger partial charge in [0.05, 0.1) is 30.7 Å². The van der Waals surface area contributed by atoms with Gasteiger partial charge in [-0.2, -0.15) is 18.2 Å². The average molecular weight is 538 g/mol. The van der Waals surface area contributed by atoms with E-state index >= 15 is 0 Å². The Balaban J connectivity index is 1.97. The number of nitrogens with one attached hydrogen (secondary N) is 2. The number of alkyl halides is 3. The molecule has 1 heterocycles. The number of halogens is 3. The third-order valence-electron chi connectivity index (χ3n) is 5.07. The van der Waals surface area contributed by atoms with E-state index in [0.29, 0.717) is 22.9 Å². The van der Waals surface area contributed by atoms with Crippen LogP contribution in [0.4, 0.5) is 36.3 Å². The zero-order valence-electron chi connectivity index (χ0n) is 20.5. The van der Waals surface area contributed by atoms with Gasteiger partial charge >= 0.3 is 12.1 Å². The molecule has 0 aliphatic heterocycles. The summed E-state index contributed by atoms with van der Waals surface area (Å²) in [5.74, 6) is -1.18. The lowest BCUT2D eigenvalue weighted by atomic mass is 10.1. The Hall–Kier alpha value is -3.63. The first-order chi connectivity index (χ1) is 17.4. The third-order valence-corrected chi connectivity index (χ3v) is 6.59. The van der Waals surface area contributed by atoms with Crippen LogP contribution in [0.2, 0.25) is 0 Å². The van der Waals surface area contributed by atoms with Crippen molar-refractivity contribution >= 4 is 41.6 Å². The van der Waals surface area contributed by atoms with Crippen LogP contribution >= 0.6 is 7.14 Å². The number of para-hydroxylation sites is 1. The minimum Gasteiger partial charge on any atom is -0.495 e. The molecule has 0 radical (unpaired) electrons. The van der Waals surface area contributed by atoms with Crippen molar-refractivity contribution in [2.24, 2.45) is 0 Å². The number of esters is 1. The Morgan fingerprint density at radius 1 is 1.03 bits per heavy atom. The van der Waals surface area contributed by atoms with Crippen LogP contribution in [0.5, 0.6) is 5.75 Å². The highest BCUT2D eigenvalue weighted by Crippen LogP contribution is 2.39. The fourth-order valence-corrected chi connectivity index (χ4v) is 4.04. The molecule has 0 bridgehead atoms. The van der Waals surface area contributed by atoms with E-state index in [1.54, 1.807) is 43.7 Å². The lowest BCUT2D eigenvalue weighted by Crippen LogP contribution is -2.15. The Bertz CT molecular complexity index is 1310. The zero-order valence-corrected chi connectivity index (χ0v) is 21.4. The summed E-state index contributed by atoms with van der Waals surface area (Å²) in [4.78, 5) is 20.3. The predicted octanol–water partition coefficient (Wildman–Crippen LogP) is 5.04. The molecule has 2 N–H and O–H groups in total. The molecule has 0 fully saturated rings. The van der Waals surface area contributed by atoms with Gasteiger partial charge in [-0.1, -0.05) is 12.1 Å². The normalized spacial score (nSPS) is 11.6. The van der Waals surface area contributed by atoms with Crippen molar-refractivity contribution in [3.8, 4) is 5.75 Å². The molecule has 9 nitrogen and oxygen atoms in total. The van der Waals surface area contributed by atoms with Gasteiger partial charge in [-0.3, -0.25) is 0 Å². The van der Waals surface area contributed by atoms with Gasteiger partial charge < -0.3 is 29.4 Å². The maximum Gasteiger partial charge on any atom is 0.421 e. The number of hydrogen-bond donors (Lipinski definition) is 2. The van der Waals surface area contributed by atoms with Crippen LogP contribution in [0.25, 0.3) is 0 Å². The standard InChI is InChI=1S/C24H26F3N4O5P/c1-34-11-12-36-22(32)16-7-5-6-8-18(16)29-21-17(24(25,26)27)14-28-23(31-21)30-19-10-9-15(37(3,4)33)13-20(19)35-2/h5-10,13-14H,11-12H2,1-4H3,(H2,28,29,30,31). The van der Waals surface area contributed by atoms with Gasteiger partial charge in [0.1, 0.15) is 30.9 Å². The summed E-state index contributed by atoms with van der Waals surface area (Å²) >= 11 is 0. The van der Waals surface area contributed by atoms with E-state index < -0.39 is 30.7 Å². The molecule has 2 aromatic carbocycles. The van der Waals surface area contributed by atoms with Crippen LogP contribution in [0.1, 0.15) is 15.9 Å². The Morgan fingerprint density at radius 2 is 1.76 bits per heavy atom. The number of carbonyl (C=O) groups is 1. The average Bonchev–Trinajstić information content (AvgIpc) is 2.83. The Kier molecular flexibility index (Phi) is 8.77. The highest BCUT2D eigenvalue weighted by Gasteiger charge is 2.35. The molecule has 37 heavy (non-hydrogen) atoms. The lowest BCUT2D eigenvalue weighted by molar-refractivity contribution is -0.137. The summed E-state index contributed by atoms with van der Waals surface area (Å²) in [5, 5.41) is 5.99. The number of rotatable bonds is 10. The van der Waals surface area contributed by atoms with Gasteiger partial charge in [-0.05, 0) is 43.7 Å². The van der Waals surface area contributed by atoms with Gasteiger partial charge in [0, 0.05) is 18.6 Å². The number of methoxy groups -OCH3 is 2. The van der Waals surface area contributed by atoms with E-state index in [4.69, 9.17) is 14.2 Å². The topological polar surface area (TPSA) is 112 Å². The quantitative estimate of drug-likeness (QED) is 0.208. The first-order valence-corrected chi connectivity index (χ1v) is 13.5. The van der Waals surface area contributed by atoms with Gasteiger partial charge in [-0.15, -0.1) is 0 Å². The smallest absolute Gasteiger partial charge is 0.421 e. The molecule has 0 aliphatic rings. The van der Waals surface area contributed by atoms with E-state index in [2.05, 4.69) is 20.6 Å². The first-order valence-electron chi connectivity index (χ1n) is 10.9. The number of hydrogen-bond acceptors (Lipinski definition) is 9. The summed E-state index contributed by atoms with van der Waals surface area (Å²) in [5.41, 5.74) is -0.710. The van der Waals surface area contributed by atoms with Crippen molar-refractivity contribution in [2.75, 3.05) is 51.4 Å². The molecule has 0 saturated carbocycles. The van der Waals surface area contributed by atoms with Crippen LogP contribution in [0.15, 0.2) is 48.7 Å². The van der Waals surface area contributed by atoms with Crippen molar-refractivity contribution in [3.05, 3.63) is 59.8 Å². The SMILES string of the molecule is COCCOC(=O)c1ccccc1Nc1nc(Nc2ccc(P(C)(C)=O)cc2OC)ncc1C(F)(F)F. The van der Waals surface area contributed by atoms with Crippen LogP contribution in [0.3, 0.4) is 0 Å². The molecule has 1 aromatic heterocycles. The fourth-order valence-electron chi connectivity index (χ4n) is 3.18. The molecule has 3 aromatic rings. The molecule has 0 aliphatic carbocycles. The van der Waals surface area contributed by atoms with Gasteiger partial charge in [-0.25, -0.2) is 9.78 Å². The molecule has 0 atom stereocenters. The van der Waals surface area contributed by atoms with E-state index in [1.165, 1.54) is 26.4 Å². The van der Waals surface area contributed by atoms with E-state index in [1.807, 2.05) is 0 Å². The Morgan fingerprint density at radius 3 is 2.41 bits per heavy atom. The predicted molar refractivity (Wildman–Crippen MR) is 134 cm³/mol. The maximum atomic E-state index is 13.8. The largest absolute Gasteiger partial charge is 0.495 e. The molecule has 0 spiro atoms. The molecular formula is C24H26F3N4O5P. The minimum absolute atomic E-state index is 0.0145. The molecular weight excluding hydrogens is 512 g/mol. The van der Waals surface area contributed by atoms with Crippen molar-refractivity contribution in [1.82, 2.24) is 9.97 Å². The molecule has 0 unspecified atom stereocenters. The van der Waals surface area contributed by atoms with Crippen LogP contribution in [-0.4, -0.2) is 56.7 Å². The van der Waals surface area contributed by atoms with Crippen LogP contribution in [0, 0.1) is 0 Å². The van der Waals surface area contributed by atoms with Crippen LogP contribution in [-0.2, 0) is 20.2 Å². The number of anilines is 4. The minimum atomic E-state index is -4.78. The van der Waals surface area contributed by atoms with Crippen molar-refractivity contribution in [3.63, 3.8) is 0 Å². The summed E-state index contributed by atoms with van der Waals surface area (Å²) in [7, 11) is 0.276. The van der Waals surface area contributed by atoms with Crippen molar-refractivity contribution in [2.45, 2.75) is 6.18 Å². The number of carbonyl (C=O) groups excluding carboxylic acids is 1. The van der Waals surface area contributed by atoms with Gasteiger partial charge in [0.2, 0.25) is 5.95 Å². The maximum absolute atomic E-state index is 13.8. The van der Waals surface area contributed by atoms with E-state index in [-0.39, 0.29) is 30.4 Å². The monoisotopic (exact) mass is 538 g/mol. The number of nitrogens with zero attached hydrogens (tertiary/aromatic N) is 2. The summed E-state index contributed by atoms with van der Waals surface area (Å²) < 4.78 is 69.0. The second-order valence-electron chi connectivity index (χ2n) is 8.11. The highest BCUT2D eigenvalue weighted by molar-refractivity contribution is 7.70. The number of aromatic nitrogens is 2. The molecule has 3 rings (SSSR count). The second kappa shape index (κ2) is 11.6. The number of ether oxygens (including phenoxy) is 3. The van der Waals surface area contributed by atoms with Gasteiger partial charge in [0.25, 0.3) is 0 Å². The lowest BCUT2D eigenvalue weighted by Gasteiger charge is -2.17. The van der Waals surface area contributed by atoms with E-state index in [0.717, 1.165) is 0 Å². The molecule has 198 valence electrons. The highest BCUT2D eigenvalue weighted by atomic mass is 31.2. The first kappa shape index (κ1) is 27.9. The van der Waals surface area contributed by atoms with Crippen molar-refractivity contribution in [1.29, 1.82) is 0 Å². The van der Waals surface area contributed by atoms with Crippen molar-refractivity contribution < 1.29 is 36.7 Å². The van der Waals surface area contributed by atoms with Crippen LogP contribution < -0.4 is 20.7 Å². The molecule has 13 heteroatoms. The summed E-state index contributed by atoms with van der Waals surface area (Å²) in [6.07, 6.45) is -4.15. The zero-order chi connectivity index (χ0) is 27.2. The van der Waals surface area contributed by atoms with E-state index in [9.17, 15) is 22.5 Å². The Labute approximate surface area is 211 Å². The fraction of sp³-hybridized carbons (Fsp3) is 0.292.